The van der Waals surface area contributed by atoms with Crippen molar-refractivity contribution in [1.29, 1.82) is 0 Å². The molecule has 4 rings (SSSR count). The monoisotopic (exact) mass is 236 g/mol. The Bertz CT molecular complexity index is 562. The van der Waals surface area contributed by atoms with Crippen LogP contribution in [0.15, 0.2) is 30.4 Å². The van der Waals surface area contributed by atoms with E-state index in [0.717, 1.165) is 0 Å². The lowest BCUT2D eigenvalue weighted by molar-refractivity contribution is 0.267. The summed E-state index contributed by atoms with van der Waals surface area (Å²) in [5.41, 5.74) is 6.95. The molecule has 1 aromatic carbocycles. The summed E-state index contributed by atoms with van der Waals surface area (Å²) in [4.78, 5) is 0. The molecular formula is C18H20. The van der Waals surface area contributed by atoms with Gasteiger partial charge in [-0.1, -0.05) is 43.4 Å². The van der Waals surface area contributed by atoms with Crippen LogP contribution in [-0.4, -0.2) is 0 Å². The van der Waals surface area contributed by atoms with E-state index in [9.17, 15) is 0 Å². The minimum atomic E-state index is 0.506. The van der Waals surface area contributed by atoms with E-state index in [2.05, 4.69) is 43.4 Å². The molecule has 2 atom stereocenters. The highest BCUT2D eigenvalue weighted by Gasteiger charge is 2.40. The average molecular weight is 236 g/mol. The molecule has 0 fully saturated rings. The van der Waals surface area contributed by atoms with Crippen LogP contribution in [-0.2, 0) is 12.8 Å². The number of hydrogen-bond acceptors (Lipinski definition) is 0. The molecule has 0 amide bonds. The van der Waals surface area contributed by atoms with E-state index in [4.69, 9.17) is 0 Å². The molecule has 0 aliphatic heterocycles. The van der Waals surface area contributed by atoms with Crippen molar-refractivity contribution < 1.29 is 0 Å². The van der Waals surface area contributed by atoms with Crippen LogP contribution in [0.5, 0.6) is 0 Å². The van der Waals surface area contributed by atoms with Crippen LogP contribution in [0, 0.1) is 5.41 Å². The van der Waals surface area contributed by atoms with E-state index in [0.29, 0.717) is 11.3 Å². The highest BCUT2D eigenvalue weighted by atomic mass is 14.4. The van der Waals surface area contributed by atoms with Gasteiger partial charge in [0.05, 0.1) is 0 Å². The highest BCUT2D eigenvalue weighted by Crippen LogP contribution is 2.53. The fourth-order valence-electron chi connectivity index (χ4n) is 4.18. The van der Waals surface area contributed by atoms with Crippen LogP contribution in [0.25, 0.3) is 6.08 Å². The number of fused-ring (bicyclic) bond motifs is 5. The molecule has 0 N–H and O–H groups in total. The zero-order chi connectivity index (χ0) is 12.2. The second-order valence-electron chi connectivity index (χ2n) is 6.41. The molecule has 0 aromatic heterocycles. The number of rotatable bonds is 0. The molecular weight excluding hydrogens is 216 g/mol. The van der Waals surface area contributed by atoms with E-state index < -0.39 is 0 Å². The van der Waals surface area contributed by atoms with E-state index >= 15 is 0 Å². The van der Waals surface area contributed by atoms with Crippen molar-refractivity contribution >= 4 is 6.08 Å². The van der Waals surface area contributed by atoms with Gasteiger partial charge in [0, 0.05) is 5.92 Å². The summed E-state index contributed by atoms with van der Waals surface area (Å²) in [7, 11) is 0. The molecule has 0 bridgehead atoms. The largest absolute Gasteiger partial charge is 0.0873 e. The number of benzene rings is 1. The molecule has 0 saturated heterocycles. The van der Waals surface area contributed by atoms with Crippen molar-refractivity contribution in [2.24, 2.45) is 5.41 Å². The molecule has 3 aliphatic rings. The van der Waals surface area contributed by atoms with Crippen LogP contribution < -0.4 is 0 Å². The van der Waals surface area contributed by atoms with Gasteiger partial charge in [-0.25, -0.2) is 0 Å². The molecule has 0 heterocycles. The van der Waals surface area contributed by atoms with Crippen LogP contribution in [0.4, 0.5) is 0 Å². The van der Waals surface area contributed by atoms with Crippen molar-refractivity contribution in [3.63, 3.8) is 0 Å². The van der Waals surface area contributed by atoms with E-state index in [1.165, 1.54) is 37.7 Å². The predicted octanol–water partition coefficient (Wildman–Crippen LogP) is 4.64. The molecule has 0 saturated carbocycles. The first-order valence-corrected chi connectivity index (χ1v) is 7.26. The van der Waals surface area contributed by atoms with Gasteiger partial charge in [-0.3, -0.25) is 0 Å². The lowest BCUT2D eigenvalue weighted by atomic mass is 9.65. The van der Waals surface area contributed by atoms with Crippen molar-refractivity contribution in [2.45, 2.75) is 44.9 Å². The second-order valence-corrected chi connectivity index (χ2v) is 6.41. The van der Waals surface area contributed by atoms with Gasteiger partial charge in [0.1, 0.15) is 0 Å². The molecule has 3 aliphatic carbocycles. The Balaban J connectivity index is 1.90. The zero-order valence-electron chi connectivity index (χ0n) is 11.1. The van der Waals surface area contributed by atoms with Crippen molar-refractivity contribution in [1.82, 2.24) is 0 Å². The van der Waals surface area contributed by atoms with Crippen LogP contribution in [0.1, 0.15) is 54.4 Å². The van der Waals surface area contributed by atoms with Gasteiger partial charge in [-0.15, -0.1) is 0 Å². The maximum absolute atomic E-state index is 2.47. The first-order chi connectivity index (χ1) is 8.78. The Hall–Kier alpha value is -1.30. The molecule has 0 radical (unpaired) electrons. The summed E-state index contributed by atoms with van der Waals surface area (Å²) in [5.74, 6) is 0.678. The maximum atomic E-state index is 2.47. The van der Waals surface area contributed by atoms with Crippen molar-refractivity contribution in [3.05, 3.63) is 52.6 Å². The fourth-order valence-corrected chi connectivity index (χ4v) is 4.18. The topological polar surface area (TPSA) is 0 Å². The van der Waals surface area contributed by atoms with Gasteiger partial charge >= 0.3 is 0 Å². The molecule has 0 heteroatoms. The molecule has 0 spiro atoms. The van der Waals surface area contributed by atoms with Crippen molar-refractivity contribution in [3.8, 4) is 0 Å². The third kappa shape index (κ3) is 1.32. The van der Waals surface area contributed by atoms with Gasteiger partial charge in [-0.2, -0.15) is 0 Å². The Morgan fingerprint density at radius 1 is 1.11 bits per heavy atom. The van der Waals surface area contributed by atoms with Gasteiger partial charge in [0.25, 0.3) is 0 Å². The maximum Gasteiger partial charge on any atom is 0.00777 e. The average Bonchev–Trinajstić information content (AvgIpc) is 2.80. The summed E-state index contributed by atoms with van der Waals surface area (Å²) >= 11 is 0. The lowest BCUT2D eigenvalue weighted by Crippen LogP contribution is -2.28. The summed E-state index contributed by atoms with van der Waals surface area (Å²) in [6, 6.07) is 4.75. The minimum absolute atomic E-state index is 0.506. The standard InChI is InChI=1S/C18H20/c1-18-11-4-7-17(18)16-9-8-13-5-2-3-6-14(13)15(16)10-12-18/h2,4-5,7-9,17H,3,6,10-12H2,1H3/t17-,18-/m0/s1. The SMILES string of the molecule is C[C@@]12CC=C[C@H]1c1ccc3c(c1CC2)CCC=C3. The van der Waals surface area contributed by atoms with E-state index in [1.807, 2.05) is 0 Å². The first-order valence-electron chi connectivity index (χ1n) is 7.26. The summed E-state index contributed by atoms with van der Waals surface area (Å²) < 4.78 is 0. The van der Waals surface area contributed by atoms with E-state index in [-0.39, 0.29) is 0 Å². The van der Waals surface area contributed by atoms with Crippen LogP contribution in [0.3, 0.4) is 0 Å². The van der Waals surface area contributed by atoms with E-state index in [1.54, 1.807) is 16.7 Å². The third-order valence-electron chi connectivity index (χ3n) is 5.31. The molecule has 0 nitrogen and oxygen atoms in total. The minimum Gasteiger partial charge on any atom is -0.0873 e. The normalized spacial score (nSPS) is 31.9. The summed E-state index contributed by atoms with van der Waals surface area (Å²) in [6.45, 7) is 2.47. The van der Waals surface area contributed by atoms with Crippen LogP contribution in [0.2, 0.25) is 0 Å². The predicted molar refractivity (Wildman–Crippen MR) is 76.7 cm³/mol. The number of allylic oxidation sites excluding steroid dienone is 3. The highest BCUT2D eigenvalue weighted by molar-refractivity contribution is 5.61. The summed E-state index contributed by atoms with van der Waals surface area (Å²) in [5, 5.41) is 0. The third-order valence-corrected chi connectivity index (χ3v) is 5.31. The van der Waals surface area contributed by atoms with Crippen LogP contribution >= 0.6 is 0 Å². The van der Waals surface area contributed by atoms with Gasteiger partial charge in [-0.05, 0) is 59.8 Å². The fraction of sp³-hybridized carbons (Fsp3) is 0.444. The van der Waals surface area contributed by atoms with Gasteiger partial charge in [0.15, 0.2) is 0 Å². The zero-order valence-corrected chi connectivity index (χ0v) is 11.1. The first kappa shape index (κ1) is 10.6. The Labute approximate surface area is 109 Å². The lowest BCUT2D eigenvalue weighted by Gasteiger charge is -2.39. The molecule has 0 unspecified atom stereocenters. The van der Waals surface area contributed by atoms with Gasteiger partial charge < -0.3 is 0 Å². The Morgan fingerprint density at radius 3 is 3.00 bits per heavy atom. The smallest absolute Gasteiger partial charge is 0.00777 e. The Morgan fingerprint density at radius 2 is 2.06 bits per heavy atom. The second kappa shape index (κ2) is 3.60. The van der Waals surface area contributed by atoms with Gasteiger partial charge in [0.2, 0.25) is 0 Å². The summed E-state index contributed by atoms with van der Waals surface area (Å²) in [6.07, 6.45) is 15.9. The number of hydrogen-bond donors (Lipinski definition) is 0. The molecule has 18 heavy (non-hydrogen) atoms. The van der Waals surface area contributed by atoms with Crippen molar-refractivity contribution in [2.75, 3.05) is 0 Å². The molecule has 1 aromatic rings. The molecule has 92 valence electrons. The quantitative estimate of drug-likeness (QED) is 0.576. The Kier molecular flexibility index (Phi) is 2.12.